The zero-order chi connectivity index (χ0) is 14.9. The van der Waals surface area contributed by atoms with Gasteiger partial charge in [0.05, 0.1) is 16.6 Å². The monoisotopic (exact) mass is 349 g/mol. The molecule has 0 fully saturated rings. The second kappa shape index (κ2) is 5.39. The summed E-state index contributed by atoms with van der Waals surface area (Å²) in [5, 5.41) is 1.14. The maximum atomic E-state index is 4.57. The van der Waals surface area contributed by atoms with Crippen LogP contribution in [0.25, 0.3) is 34.1 Å². The Morgan fingerprint density at radius 3 is 2.86 bits per heavy atom. The van der Waals surface area contributed by atoms with Crippen LogP contribution in [0.1, 0.15) is 11.4 Å². The number of aromatic amines is 1. The molecule has 0 bridgehead atoms. The second-order valence-electron chi connectivity index (χ2n) is 5.07. The molecule has 0 saturated carbocycles. The molecule has 0 radical (unpaired) electrons. The van der Waals surface area contributed by atoms with E-state index in [1.165, 1.54) is 0 Å². The Hall–Kier alpha value is -2.46. The predicted molar refractivity (Wildman–Crippen MR) is 94.5 cm³/mol. The SMILES string of the molecule is Brc1ccc2[nH]c(/C=C/c3ccc4ncccc4c3)nc2c1. The molecule has 2 heterocycles. The van der Waals surface area contributed by atoms with Crippen LogP contribution in [0.15, 0.2) is 59.2 Å². The van der Waals surface area contributed by atoms with Crippen molar-refractivity contribution < 1.29 is 0 Å². The third kappa shape index (κ3) is 2.53. The van der Waals surface area contributed by atoms with Crippen molar-refractivity contribution in [3.05, 3.63) is 70.6 Å². The lowest BCUT2D eigenvalue weighted by Gasteiger charge is -1.97. The third-order valence-corrected chi connectivity index (χ3v) is 4.02. The molecule has 2 aromatic heterocycles. The van der Waals surface area contributed by atoms with Crippen molar-refractivity contribution in [3.8, 4) is 0 Å². The Bertz CT molecular complexity index is 1000. The van der Waals surface area contributed by atoms with E-state index in [1.54, 1.807) is 0 Å². The first-order chi connectivity index (χ1) is 10.8. The number of nitrogens with one attached hydrogen (secondary N) is 1. The number of fused-ring (bicyclic) bond motifs is 2. The van der Waals surface area contributed by atoms with Crippen molar-refractivity contribution in [2.75, 3.05) is 0 Å². The van der Waals surface area contributed by atoms with E-state index in [1.807, 2.05) is 42.6 Å². The van der Waals surface area contributed by atoms with Gasteiger partial charge in [-0.3, -0.25) is 4.98 Å². The quantitative estimate of drug-likeness (QED) is 0.550. The summed E-state index contributed by atoms with van der Waals surface area (Å²) in [6.07, 6.45) is 5.86. The van der Waals surface area contributed by atoms with Gasteiger partial charge in [0.25, 0.3) is 0 Å². The Morgan fingerprint density at radius 2 is 1.91 bits per heavy atom. The van der Waals surface area contributed by atoms with Crippen molar-refractivity contribution >= 4 is 50.0 Å². The van der Waals surface area contributed by atoms with Crippen LogP contribution in [-0.4, -0.2) is 15.0 Å². The molecular formula is C18H12BrN3. The molecule has 106 valence electrons. The maximum Gasteiger partial charge on any atom is 0.131 e. The number of rotatable bonds is 2. The minimum Gasteiger partial charge on any atom is -0.338 e. The van der Waals surface area contributed by atoms with Gasteiger partial charge in [-0.25, -0.2) is 4.98 Å². The van der Waals surface area contributed by atoms with E-state index < -0.39 is 0 Å². The van der Waals surface area contributed by atoms with E-state index in [2.05, 4.69) is 55.2 Å². The molecule has 4 rings (SSSR count). The van der Waals surface area contributed by atoms with Gasteiger partial charge in [-0.2, -0.15) is 0 Å². The normalized spacial score (nSPS) is 11.7. The van der Waals surface area contributed by atoms with Crippen molar-refractivity contribution in [3.63, 3.8) is 0 Å². The van der Waals surface area contributed by atoms with Crippen LogP contribution in [0, 0.1) is 0 Å². The summed E-state index contributed by atoms with van der Waals surface area (Å²) in [5.74, 6) is 0.847. The molecule has 0 atom stereocenters. The molecule has 0 aliphatic carbocycles. The third-order valence-electron chi connectivity index (χ3n) is 3.52. The van der Waals surface area contributed by atoms with E-state index in [0.717, 1.165) is 37.8 Å². The molecule has 0 aliphatic heterocycles. The highest BCUT2D eigenvalue weighted by Gasteiger charge is 2.00. The molecule has 4 heteroatoms. The number of hydrogen-bond donors (Lipinski definition) is 1. The van der Waals surface area contributed by atoms with Crippen molar-refractivity contribution in [2.45, 2.75) is 0 Å². The molecule has 0 amide bonds. The number of benzene rings is 2. The summed E-state index contributed by atoms with van der Waals surface area (Å²) in [6.45, 7) is 0. The molecule has 2 aromatic carbocycles. The first kappa shape index (κ1) is 13.2. The van der Waals surface area contributed by atoms with Crippen molar-refractivity contribution in [1.82, 2.24) is 15.0 Å². The van der Waals surface area contributed by atoms with Gasteiger partial charge in [-0.1, -0.05) is 34.1 Å². The van der Waals surface area contributed by atoms with E-state index in [-0.39, 0.29) is 0 Å². The maximum absolute atomic E-state index is 4.57. The minimum absolute atomic E-state index is 0.847. The summed E-state index contributed by atoms with van der Waals surface area (Å²) in [4.78, 5) is 12.2. The smallest absolute Gasteiger partial charge is 0.131 e. The van der Waals surface area contributed by atoms with Crippen molar-refractivity contribution in [1.29, 1.82) is 0 Å². The van der Waals surface area contributed by atoms with Crippen LogP contribution in [-0.2, 0) is 0 Å². The van der Waals surface area contributed by atoms with Crippen molar-refractivity contribution in [2.24, 2.45) is 0 Å². The summed E-state index contributed by atoms with van der Waals surface area (Å²) < 4.78 is 1.03. The van der Waals surface area contributed by atoms with E-state index in [9.17, 15) is 0 Å². The first-order valence-electron chi connectivity index (χ1n) is 6.96. The lowest BCUT2D eigenvalue weighted by atomic mass is 10.1. The fourth-order valence-corrected chi connectivity index (χ4v) is 2.80. The number of halogens is 1. The summed E-state index contributed by atoms with van der Waals surface area (Å²) in [6, 6.07) is 16.3. The minimum atomic E-state index is 0.847. The number of H-pyrrole nitrogens is 1. The molecule has 0 spiro atoms. The standard InChI is InChI=1S/C18H12BrN3/c19-14-5-7-16-17(11-14)22-18(21-16)8-4-12-3-6-15-13(10-12)2-1-9-20-15/h1-11H,(H,21,22)/b8-4+. The number of pyridine rings is 1. The Morgan fingerprint density at radius 1 is 0.955 bits per heavy atom. The summed E-state index contributed by atoms with van der Waals surface area (Å²) in [5.41, 5.74) is 4.12. The van der Waals surface area contributed by atoms with E-state index in [0.29, 0.717) is 0 Å². The van der Waals surface area contributed by atoms with Gasteiger partial charge in [0.1, 0.15) is 5.82 Å². The summed E-state index contributed by atoms with van der Waals surface area (Å²) >= 11 is 3.46. The number of nitrogens with zero attached hydrogens (tertiary/aromatic N) is 2. The highest BCUT2D eigenvalue weighted by atomic mass is 79.9. The fraction of sp³-hybridized carbons (Fsp3) is 0. The van der Waals surface area contributed by atoms with Gasteiger partial charge < -0.3 is 4.98 Å². The molecule has 1 N–H and O–H groups in total. The molecule has 3 nitrogen and oxygen atoms in total. The van der Waals surface area contributed by atoms with E-state index in [4.69, 9.17) is 0 Å². The van der Waals surface area contributed by atoms with Gasteiger partial charge in [0, 0.05) is 16.1 Å². The van der Waals surface area contributed by atoms with Crippen LogP contribution in [0.4, 0.5) is 0 Å². The average Bonchev–Trinajstić information content (AvgIpc) is 2.94. The molecule has 22 heavy (non-hydrogen) atoms. The highest BCUT2D eigenvalue weighted by molar-refractivity contribution is 9.10. The fourth-order valence-electron chi connectivity index (χ4n) is 2.45. The summed E-state index contributed by atoms with van der Waals surface area (Å²) in [7, 11) is 0. The van der Waals surface area contributed by atoms with E-state index >= 15 is 0 Å². The second-order valence-corrected chi connectivity index (χ2v) is 5.99. The Labute approximate surface area is 135 Å². The highest BCUT2D eigenvalue weighted by Crippen LogP contribution is 2.19. The zero-order valence-electron chi connectivity index (χ0n) is 11.6. The first-order valence-corrected chi connectivity index (χ1v) is 7.75. The van der Waals surface area contributed by atoms with Gasteiger partial charge >= 0.3 is 0 Å². The predicted octanol–water partition coefficient (Wildman–Crippen LogP) is 5.04. The van der Waals surface area contributed by atoms with Crippen LogP contribution >= 0.6 is 15.9 Å². The van der Waals surface area contributed by atoms with Gasteiger partial charge in [0.15, 0.2) is 0 Å². The molecule has 0 unspecified atom stereocenters. The lowest BCUT2D eigenvalue weighted by Crippen LogP contribution is -1.79. The van der Waals surface area contributed by atoms with Gasteiger partial charge in [-0.15, -0.1) is 0 Å². The molecule has 0 aliphatic rings. The molecule has 0 saturated heterocycles. The van der Waals surface area contributed by atoms with Gasteiger partial charge in [-0.05, 0) is 48.0 Å². The topological polar surface area (TPSA) is 41.6 Å². The molecular weight excluding hydrogens is 338 g/mol. The largest absolute Gasteiger partial charge is 0.338 e. The zero-order valence-corrected chi connectivity index (χ0v) is 13.2. The van der Waals surface area contributed by atoms with Gasteiger partial charge in [0.2, 0.25) is 0 Å². The number of hydrogen-bond acceptors (Lipinski definition) is 2. The lowest BCUT2D eigenvalue weighted by molar-refractivity contribution is 1.29. The number of aromatic nitrogens is 3. The van der Waals surface area contributed by atoms with Crippen LogP contribution in [0.5, 0.6) is 0 Å². The van der Waals surface area contributed by atoms with Crippen LogP contribution < -0.4 is 0 Å². The van der Waals surface area contributed by atoms with Crippen LogP contribution in [0.3, 0.4) is 0 Å². The average molecular weight is 350 g/mol. The molecule has 4 aromatic rings. The Kier molecular flexibility index (Phi) is 3.24. The van der Waals surface area contributed by atoms with Crippen LogP contribution in [0.2, 0.25) is 0 Å². The Balaban J connectivity index is 1.68. The number of imidazole rings is 1.